The van der Waals surface area contributed by atoms with Crippen LogP contribution in [-0.4, -0.2) is 61.8 Å². The summed E-state index contributed by atoms with van der Waals surface area (Å²) in [5, 5.41) is 47.7. The lowest BCUT2D eigenvalue weighted by atomic mass is 9.81. The van der Waals surface area contributed by atoms with Gasteiger partial charge in [0.25, 0.3) is 0 Å². The maximum Gasteiger partial charge on any atom is 0.167 e. The Bertz CT molecular complexity index is 257. The molecule has 4 unspecified atom stereocenters. The van der Waals surface area contributed by atoms with Crippen molar-refractivity contribution in [3.63, 3.8) is 0 Å². The highest BCUT2D eigenvalue weighted by Crippen LogP contribution is 2.25. The predicted octanol–water partition coefficient (Wildman–Crippen LogP) is -1.04. The van der Waals surface area contributed by atoms with Gasteiger partial charge >= 0.3 is 0 Å². The lowest BCUT2D eigenvalue weighted by Crippen LogP contribution is -2.57. The second-order valence-corrected chi connectivity index (χ2v) is 4.53. The SMILES string of the molecule is CCCC(=O)C(O)(CCC)C(O)C(O)C(O)CO. The van der Waals surface area contributed by atoms with Crippen molar-refractivity contribution in [1.82, 2.24) is 0 Å². The van der Waals surface area contributed by atoms with E-state index >= 15 is 0 Å². The molecular weight excluding hydrogens is 240 g/mol. The second kappa shape index (κ2) is 7.81. The van der Waals surface area contributed by atoms with Gasteiger partial charge < -0.3 is 25.5 Å². The van der Waals surface area contributed by atoms with Gasteiger partial charge in [0.1, 0.15) is 18.3 Å². The Morgan fingerprint density at radius 3 is 2.11 bits per heavy atom. The molecule has 0 spiro atoms. The van der Waals surface area contributed by atoms with Gasteiger partial charge in [-0.15, -0.1) is 0 Å². The van der Waals surface area contributed by atoms with Crippen LogP contribution in [0.1, 0.15) is 39.5 Å². The van der Waals surface area contributed by atoms with Crippen molar-refractivity contribution < 1.29 is 30.3 Å². The summed E-state index contributed by atoms with van der Waals surface area (Å²) in [5.74, 6) is -0.566. The molecule has 0 amide bonds. The van der Waals surface area contributed by atoms with E-state index in [0.717, 1.165) is 0 Å². The Kier molecular flexibility index (Phi) is 7.58. The van der Waals surface area contributed by atoms with Crippen LogP contribution in [0.5, 0.6) is 0 Å². The molecule has 108 valence electrons. The minimum atomic E-state index is -2.08. The number of ketones is 1. The van der Waals surface area contributed by atoms with Crippen LogP contribution in [-0.2, 0) is 4.79 Å². The zero-order chi connectivity index (χ0) is 14.3. The Balaban J connectivity index is 5.01. The van der Waals surface area contributed by atoms with Crippen molar-refractivity contribution in [2.75, 3.05) is 6.61 Å². The first kappa shape index (κ1) is 17.5. The molecule has 4 atom stereocenters. The quantitative estimate of drug-likeness (QED) is 0.363. The van der Waals surface area contributed by atoms with Gasteiger partial charge in [-0.2, -0.15) is 0 Å². The summed E-state index contributed by atoms with van der Waals surface area (Å²) in [4.78, 5) is 11.8. The molecule has 0 fully saturated rings. The van der Waals surface area contributed by atoms with Crippen LogP contribution in [0.25, 0.3) is 0 Å². The van der Waals surface area contributed by atoms with Crippen molar-refractivity contribution in [3.8, 4) is 0 Å². The first-order chi connectivity index (χ1) is 8.34. The first-order valence-electron chi connectivity index (χ1n) is 6.25. The van der Waals surface area contributed by atoms with Crippen LogP contribution >= 0.6 is 0 Å². The molecule has 0 aliphatic heterocycles. The second-order valence-electron chi connectivity index (χ2n) is 4.53. The van der Waals surface area contributed by atoms with E-state index in [4.69, 9.17) is 5.11 Å². The van der Waals surface area contributed by atoms with E-state index in [1.165, 1.54) is 0 Å². The van der Waals surface area contributed by atoms with Gasteiger partial charge in [0, 0.05) is 6.42 Å². The molecule has 0 heterocycles. The molecule has 0 aliphatic carbocycles. The number of rotatable bonds is 9. The van der Waals surface area contributed by atoms with Crippen LogP contribution in [0.3, 0.4) is 0 Å². The minimum Gasteiger partial charge on any atom is -0.394 e. The first-order valence-corrected chi connectivity index (χ1v) is 6.25. The molecule has 5 N–H and O–H groups in total. The summed E-state index contributed by atoms with van der Waals surface area (Å²) in [6.07, 6.45) is -4.18. The summed E-state index contributed by atoms with van der Waals surface area (Å²) in [5.41, 5.74) is -2.08. The Morgan fingerprint density at radius 1 is 1.17 bits per heavy atom. The Hall–Kier alpha value is -0.530. The summed E-state index contributed by atoms with van der Waals surface area (Å²) < 4.78 is 0. The molecule has 0 saturated heterocycles. The van der Waals surface area contributed by atoms with Crippen LogP contribution in [0.4, 0.5) is 0 Å². The van der Waals surface area contributed by atoms with E-state index in [9.17, 15) is 25.2 Å². The number of aliphatic hydroxyl groups excluding tert-OH is 4. The lowest BCUT2D eigenvalue weighted by Gasteiger charge is -2.35. The summed E-state index contributed by atoms with van der Waals surface area (Å²) in [6, 6.07) is 0. The van der Waals surface area contributed by atoms with Crippen molar-refractivity contribution >= 4 is 5.78 Å². The number of carbonyl (C=O) groups is 1. The smallest absolute Gasteiger partial charge is 0.167 e. The fraction of sp³-hybridized carbons (Fsp3) is 0.917. The molecule has 0 radical (unpaired) electrons. The van der Waals surface area contributed by atoms with Crippen LogP contribution < -0.4 is 0 Å². The van der Waals surface area contributed by atoms with E-state index in [1.807, 2.05) is 0 Å². The fourth-order valence-electron chi connectivity index (χ4n) is 1.88. The van der Waals surface area contributed by atoms with Crippen molar-refractivity contribution in [1.29, 1.82) is 0 Å². The largest absolute Gasteiger partial charge is 0.394 e. The van der Waals surface area contributed by atoms with E-state index in [2.05, 4.69) is 0 Å². The van der Waals surface area contributed by atoms with Crippen LogP contribution in [0, 0.1) is 0 Å². The summed E-state index contributed by atoms with van der Waals surface area (Å²) in [6.45, 7) is 2.73. The summed E-state index contributed by atoms with van der Waals surface area (Å²) in [7, 11) is 0. The molecule has 0 rings (SSSR count). The zero-order valence-corrected chi connectivity index (χ0v) is 10.9. The molecule has 18 heavy (non-hydrogen) atoms. The van der Waals surface area contributed by atoms with E-state index in [1.54, 1.807) is 13.8 Å². The Labute approximate surface area is 107 Å². The number of aliphatic hydroxyl groups is 5. The van der Waals surface area contributed by atoms with Gasteiger partial charge in [0.2, 0.25) is 0 Å². The molecule has 0 aliphatic rings. The maximum atomic E-state index is 11.8. The van der Waals surface area contributed by atoms with Gasteiger partial charge in [-0.1, -0.05) is 20.3 Å². The third-order valence-corrected chi connectivity index (χ3v) is 2.99. The standard InChI is InChI=1S/C12H24O6/c1-3-5-9(15)12(18,6-4-2)11(17)10(16)8(14)7-13/h8,10-11,13-14,16-18H,3-7H2,1-2H3. The van der Waals surface area contributed by atoms with E-state index in [-0.39, 0.29) is 12.8 Å². The highest BCUT2D eigenvalue weighted by atomic mass is 16.4. The molecule has 0 aromatic carbocycles. The van der Waals surface area contributed by atoms with E-state index in [0.29, 0.717) is 12.8 Å². The summed E-state index contributed by atoms with van der Waals surface area (Å²) >= 11 is 0. The Morgan fingerprint density at radius 2 is 1.72 bits per heavy atom. The van der Waals surface area contributed by atoms with Crippen molar-refractivity contribution in [2.45, 2.75) is 63.4 Å². The zero-order valence-electron chi connectivity index (χ0n) is 10.9. The van der Waals surface area contributed by atoms with Gasteiger partial charge in [-0.3, -0.25) is 4.79 Å². The van der Waals surface area contributed by atoms with Crippen LogP contribution in [0.15, 0.2) is 0 Å². The number of Topliss-reactive ketones (excluding diaryl/α,β-unsaturated/α-hetero) is 1. The molecule has 0 aromatic heterocycles. The molecule has 6 nitrogen and oxygen atoms in total. The third-order valence-electron chi connectivity index (χ3n) is 2.99. The molecule has 0 bridgehead atoms. The van der Waals surface area contributed by atoms with Gasteiger partial charge in [-0.05, 0) is 12.8 Å². The fourth-order valence-corrected chi connectivity index (χ4v) is 1.88. The van der Waals surface area contributed by atoms with Crippen molar-refractivity contribution in [3.05, 3.63) is 0 Å². The van der Waals surface area contributed by atoms with Gasteiger partial charge in [-0.25, -0.2) is 0 Å². The predicted molar refractivity (Wildman–Crippen MR) is 64.9 cm³/mol. The average molecular weight is 264 g/mol. The third kappa shape index (κ3) is 4.00. The number of carbonyl (C=O) groups excluding carboxylic acids is 1. The molecule has 0 aromatic rings. The number of hydrogen-bond acceptors (Lipinski definition) is 6. The lowest BCUT2D eigenvalue weighted by molar-refractivity contribution is -0.176. The van der Waals surface area contributed by atoms with Gasteiger partial charge in [0.15, 0.2) is 11.4 Å². The highest BCUT2D eigenvalue weighted by Gasteiger charge is 2.46. The average Bonchev–Trinajstić information content (AvgIpc) is 2.36. The normalized spacial score (nSPS) is 19.9. The molecule has 0 saturated carbocycles. The van der Waals surface area contributed by atoms with Gasteiger partial charge in [0.05, 0.1) is 6.61 Å². The van der Waals surface area contributed by atoms with Crippen molar-refractivity contribution in [2.24, 2.45) is 0 Å². The maximum absolute atomic E-state index is 11.8. The van der Waals surface area contributed by atoms with Crippen LogP contribution in [0.2, 0.25) is 0 Å². The minimum absolute atomic E-state index is 0.0117. The monoisotopic (exact) mass is 264 g/mol. The number of hydrogen-bond donors (Lipinski definition) is 5. The molecule has 6 heteroatoms. The molecular formula is C12H24O6. The highest BCUT2D eigenvalue weighted by molar-refractivity contribution is 5.87. The van der Waals surface area contributed by atoms with E-state index < -0.39 is 36.3 Å². The topological polar surface area (TPSA) is 118 Å².